The lowest BCUT2D eigenvalue weighted by molar-refractivity contribution is 0.0743. The SMILES string of the molecule is C=C1CCN(C(=O)c2cc(S(=O)(=O)Nc3ccc(C)c(Cl)c3)ccc2Cl)CC1. The lowest BCUT2D eigenvalue weighted by Gasteiger charge is -2.28. The summed E-state index contributed by atoms with van der Waals surface area (Å²) in [6.45, 7) is 6.86. The molecule has 0 saturated carbocycles. The zero-order valence-electron chi connectivity index (χ0n) is 15.3. The van der Waals surface area contributed by atoms with Gasteiger partial charge < -0.3 is 4.90 Å². The molecule has 8 heteroatoms. The minimum atomic E-state index is -3.91. The molecule has 1 aliphatic rings. The molecule has 2 aromatic rings. The smallest absolute Gasteiger partial charge is 0.261 e. The van der Waals surface area contributed by atoms with Gasteiger partial charge in [0.05, 0.1) is 21.2 Å². The number of likely N-dealkylation sites (tertiary alicyclic amines) is 1. The number of carbonyl (C=O) groups is 1. The number of hydrogen-bond acceptors (Lipinski definition) is 3. The number of nitrogens with one attached hydrogen (secondary N) is 1. The summed E-state index contributed by atoms with van der Waals surface area (Å²) in [5.41, 5.74) is 2.45. The second kappa shape index (κ2) is 8.15. The fraction of sp³-hybridized carbons (Fsp3) is 0.250. The van der Waals surface area contributed by atoms with Gasteiger partial charge in [0.1, 0.15) is 0 Å². The molecule has 2 aromatic carbocycles. The van der Waals surface area contributed by atoms with Gasteiger partial charge in [-0.2, -0.15) is 0 Å². The van der Waals surface area contributed by atoms with E-state index in [1.165, 1.54) is 24.3 Å². The molecule has 148 valence electrons. The molecule has 0 aromatic heterocycles. The number of benzene rings is 2. The zero-order valence-corrected chi connectivity index (χ0v) is 17.7. The van der Waals surface area contributed by atoms with Gasteiger partial charge in [-0.3, -0.25) is 9.52 Å². The molecule has 28 heavy (non-hydrogen) atoms. The second-order valence-corrected chi connectivity index (χ2v) is 9.25. The number of halogens is 2. The standard InChI is InChI=1S/C20H20Cl2N2O3S/c1-13-7-9-24(10-8-13)20(25)17-12-16(5-6-18(17)21)28(26,27)23-15-4-3-14(2)19(22)11-15/h3-6,11-12,23H,1,7-10H2,2H3. The molecule has 1 aliphatic heterocycles. The van der Waals surface area contributed by atoms with Crippen LogP contribution in [0.25, 0.3) is 0 Å². The molecule has 0 radical (unpaired) electrons. The second-order valence-electron chi connectivity index (χ2n) is 6.75. The van der Waals surface area contributed by atoms with Crippen LogP contribution in [0, 0.1) is 6.92 Å². The number of anilines is 1. The van der Waals surface area contributed by atoms with E-state index >= 15 is 0 Å². The number of nitrogens with zero attached hydrogens (tertiary/aromatic N) is 1. The molecule has 1 saturated heterocycles. The molecule has 1 fully saturated rings. The zero-order chi connectivity index (χ0) is 20.5. The van der Waals surface area contributed by atoms with Gasteiger partial charge in [-0.25, -0.2) is 8.42 Å². The molecular formula is C20H20Cl2N2O3S. The van der Waals surface area contributed by atoms with Crippen molar-refractivity contribution >= 4 is 44.8 Å². The van der Waals surface area contributed by atoms with Gasteiger partial charge in [-0.05, 0) is 55.7 Å². The molecule has 1 N–H and O–H groups in total. The summed E-state index contributed by atoms with van der Waals surface area (Å²) in [6.07, 6.45) is 1.47. The molecule has 0 aliphatic carbocycles. The first-order valence-corrected chi connectivity index (χ1v) is 11.0. The van der Waals surface area contributed by atoms with E-state index in [4.69, 9.17) is 23.2 Å². The first-order valence-electron chi connectivity index (χ1n) is 8.72. The first-order chi connectivity index (χ1) is 13.2. The van der Waals surface area contributed by atoms with Crippen LogP contribution in [0.3, 0.4) is 0 Å². The number of amides is 1. The monoisotopic (exact) mass is 438 g/mol. The van der Waals surface area contributed by atoms with Gasteiger partial charge in [-0.15, -0.1) is 0 Å². The van der Waals surface area contributed by atoms with Crippen molar-refractivity contribution in [2.24, 2.45) is 0 Å². The number of carbonyl (C=O) groups excluding carboxylic acids is 1. The molecule has 1 amide bonds. The highest BCUT2D eigenvalue weighted by Crippen LogP contribution is 2.27. The van der Waals surface area contributed by atoms with E-state index in [0.717, 1.165) is 24.0 Å². The number of aryl methyl sites for hydroxylation is 1. The van der Waals surface area contributed by atoms with Crippen molar-refractivity contribution in [2.45, 2.75) is 24.7 Å². The average Bonchev–Trinajstić information content (AvgIpc) is 2.65. The van der Waals surface area contributed by atoms with Crippen molar-refractivity contribution in [1.29, 1.82) is 0 Å². The highest BCUT2D eigenvalue weighted by atomic mass is 35.5. The minimum absolute atomic E-state index is 0.0432. The maximum Gasteiger partial charge on any atom is 0.261 e. The molecule has 0 unspecified atom stereocenters. The van der Waals surface area contributed by atoms with Crippen LogP contribution in [0.2, 0.25) is 10.0 Å². The summed E-state index contributed by atoms with van der Waals surface area (Å²) in [7, 11) is -3.91. The fourth-order valence-corrected chi connectivity index (χ4v) is 4.36. The maximum atomic E-state index is 12.8. The normalized spacial score (nSPS) is 14.8. The molecule has 3 rings (SSSR count). The van der Waals surface area contributed by atoms with Gasteiger partial charge in [0.15, 0.2) is 0 Å². The summed E-state index contributed by atoms with van der Waals surface area (Å²) in [6, 6.07) is 9.00. The van der Waals surface area contributed by atoms with Crippen LogP contribution >= 0.6 is 23.2 Å². The Morgan fingerprint density at radius 3 is 2.39 bits per heavy atom. The van der Waals surface area contributed by atoms with Crippen LogP contribution < -0.4 is 4.72 Å². The molecule has 0 atom stereocenters. The molecule has 1 heterocycles. The van der Waals surface area contributed by atoms with Crippen molar-refractivity contribution in [1.82, 2.24) is 4.90 Å². The van der Waals surface area contributed by atoms with E-state index in [2.05, 4.69) is 11.3 Å². The van der Waals surface area contributed by atoms with E-state index < -0.39 is 10.0 Å². The minimum Gasteiger partial charge on any atom is -0.338 e. The lowest BCUT2D eigenvalue weighted by Crippen LogP contribution is -2.36. The molecule has 5 nitrogen and oxygen atoms in total. The fourth-order valence-electron chi connectivity index (χ4n) is 2.90. The van der Waals surface area contributed by atoms with Gasteiger partial charge in [0, 0.05) is 18.1 Å². The lowest BCUT2D eigenvalue weighted by atomic mass is 10.0. The van der Waals surface area contributed by atoms with E-state index in [1.807, 2.05) is 6.92 Å². The Morgan fingerprint density at radius 1 is 1.07 bits per heavy atom. The van der Waals surface area contributed by atoms with Crippen molar-refractivity contribution in [2.75, 3.05) is 17.8 Å². The first kappa shape index (κ1) is 20.7. The number of hydrogen-bond donors (Lipinski definition) is 1. The Bertz CT molecular complexity index is 1040. The Labute approximate surface area is 175 Å². The molecular weight excluding hydrogens is 419 g/mol. The number of sulfonamides is 1. The third kappa shape index (κ3) is 4.51. The number of piperidine rings is 1. The van der Waals surface area contributed by atoms with E-state index in [9.17, 15) is 13.2 Å². The maximum absolute atomic E-state index is 12.8. The van der Waals surface area contributed by atoms with E-state index in [-0.39, 0.29) is 21.4 Å². The van der Waals surface area contributed by atoms with Gasteiger partial charge in [-0.1, -0.05) is 41.4 Å². The molecule has 0 spiro atoms. The van der Waals surface area contributed by atoms with Crippen LogP contribution in [0.15, 0.2) is 53.4 Å². The third-order valence-corrected chi connectivity index (χ3v) is 6.78. The Morgan fingerprint density at radius 2 is 1.75 bits per heavy atom. The van der Waals surface area contributed by atoms with Crippen molar-refractivity contribution in [3.05, 3.63) is 69.7 Å². The van der Waals surface area contributed by atoms with Crippen LogP contribution in [-0.2, 0) is 10.0 Å². The predicted octanol–water partition coefficient (Wildman–Crippen LogP) is 4.89. The van der Waals surface area contributed by atoms with E-state index in [1.54, 1.807) is 17.0 Å². The van der Waals surface area contributed by atoms with E-state index in [0.29, 0.717) is 23.8 Å². The summed E-state index contributed by atoms with van der Waals surface area (Å²) >= 11 is 12.3. The Balaban J connectivity index is 1.88. The summed E-state index contributed by atoms with van der Waals surface area (Å²) in [5, 5.41) is 0.672. The van der Waals surface area contributed by atoms with Crippen LogP contribution in [0.4, 0.5) is 5.69 Å². The largest absolute Gasteiger partial charge is 0.338 e. The highest BCUT2D eigenvalue weighted by molar-refractivity contribution is 7.92. The third-order valence-electron chi connectivity index (χ3n) is 4.66. The summed E-state index contributed by atoms with van der Waals surface area (Å²) < 4.78 is 28.0. The van der Waals surface area contributed by atoms with Gasteiger partial charge >= 0.3 is 0 Å². The van der Waals surface area contributed by atoms with Crippen LogP contribution in [0.5, 0.6) is 0 Å². The van der Waals surface area contributed by atoms with Crippen molar-refractivity contribution in [3.63, 3.8) is 0 Å². The van der Waals surface area contributed by atoms with Gasteiger partial charge in [0.25, 0.3) is 15.9 Å². The topological polar surface area (TPSA) is 66.5 Å². The Hall–Kier alpha value is -2.02. The van der Waals surface area contributed by atoms with Crippen molar-refractivity contribution in [3.8, 4) is 0 Å². The van der Waals surface area contributed by atoms with Gasteiger partial charge in [0.2, 0.25) is 0 Å². The molecule has 0 bridgehead atoms. The quantitative estimate of drug-likeness (QED) is 0.690. The number of rotatable bonds is 4. The summed E-state index contributed by atoms with van der Waals surface area (Å²) in [4.78, 5) is 14.4. The van der Waals surface area contributed by atoms with Crippen LogP contribution in [-0.4, -0.2) is 32.3 Å². The predicted molar refractivity (Wildman–Crippen MR) is 113 cm³/mol. The highest BCUT2D eigenvalue weighted by Gasteiger charge is 2.24. The Kier molecular flexibility index (Phi) is 6.03. The van der Waals surface area contributed by atoms with Crippen molar-refractivity contribution < 1.29 is 13.2 Å². The summed E-state index contributed by atoms with van der Waals surface area (Å²) in [5.74, 6) is -0.284. The average molecular weight is 439 g/mol. The van der Waals surface area contributed by atoms with Crippen LogP contribution in [0.1, 0.15) is 28.8 Å².